The van der Waals surface area contributed by atoms with Crippen LogP contribution in [0.3, 0.4) is 0 Å². The molecule has 3 atom stereocenters. The van der Waals surface area contributed by atoms with Gasteiger partial charge in [0.2, 0.25) is 0 Å². The molecule has 1 spiro atoms. The van der Waals surface area contributed by atoms with E-state index in [9.17, 15) is 0 Å². The third kappa shape index (κ3) is 2.89. The molecule has 0 amide bonds. The van der Waals surface area contributed by atoms with E-state index in [0.29, 0.717) is 33.1 Å². The van der Waals surface area contributed by atoms with Crippen molar-refractivity contribution in [3.05, 3.63) is 23.5 Å². The Hall–Kier alpha value is -1.77. The van der Waals surface area contributed by atoms with Crippen LogP contribution in [-0.2, 0) is 0 Å². The number of hydrogen-bond acceptors (Lipinski definition) is 8. The van der Waals surface area contributed by atoms with Gasteiger partial charge in [-0.3, -0.25) is 0 Å². The second kappa shape index (κ2) is 6.64. The summed E-state index contributed by atoms with van der Waals surface area (Å²) in [5, 5.41) is 1.02. The summed E-state index contributed by atoms with van der Waals surface area (Å²) in [4.78, 5) is 16.2. The van der Waals surface area contributed by atoms with Gasteiger partial charge in [0, 0.05) is 30.2 Å². The summed E-state index contributed by atoms with van der Waals surface area (Å²) in [6.07, 6.45) is 8.28. The van der Waals surface area contributed by atoms with Crippen molar-refractivity contribution in [2.45, 2.75) is 41.6 Å². The highest BCUT2D eigenvalue weighted by Gasteiger charge is 2.61. The van der Waals surface area contributed by atoms with Crippen LogP contribution in [0.2, 0.25) is 5.02 Å². The van der Waals surface area contributed by atoms with E-state index in [1.807, 2.05) is 0 Å². The van der Waals surface area contributed by atoms with Gasteiger partial charge >= 0.3 is 0 Å². The Kier molecular flexibility index (Phi) is 4.33. The summed E-state index contributed by atoms with van der Waals surface area (Å²) >= 11 is 7.57. The van der Waals surface area contributed by atoms with Gasteiger partial charge in [-0.1, -0.05) is 23.4 Å². The van der Waals surface area contributed by atoms with Gasteiger partial charge in [0.25, 0.3) is 0 Å². The summed E-state index contributed by atoms with van der Waals surface area (Å²) in [7, 11) is 0. The van der Waals surface area contributed by atoms with Gasteiger partial charge in [0.05, 0.1) is 11.2 Å². The molecule has 3 heterocycles. The molecule has 2 aromatic rings. The second-order valence-corrected chi connectivity index (χ2v) is 9.60. The van der Waals surface area contributed by atoms with Gasteiger partial charge in [-0.2, -0.15) is 0 Å². The first-order chi connectivity index (χ1) is 13.5. The van der Waals surface area contributed by atoms with Crippen LogP contribution >= 0.6 is 23.4 Å². The van der Waals surface area contributed by atoms with E-state index in [1.54, 1.807) is 18.5 Å². The standard InChI is InChI=1S/C19H24ClN7S/c20-15-12(1-4-24-16(15)22)28-18-17(23)26-14(9-25-18)27-5-2-19(3-6-27)11-7-10(11)8-13(19)21/h1,4,9-11,13H,2-3,5-8,21H2,(H2,22,24)(H2,23,26). The van der Waals surface area contributed by atoms with Crippen molar-refractivity contribution in [1.82, 2.24) is 15.0 Å². The van der Waals surface area contributed by atoms with Gasteiger partial charge in [0.15, 0.2) is 5.82 Å². The number of fused-ring (bicyclic) bond motifs is 2. The van der Waals surface area contributed by atoms with Crippen LogP contribution in [0.5, 0.6) is 0 Å². The smallest absolute Gasteiger partial charge is 0.158 e. The molecule has 148 valence electrons. The molecule has 7 nitrogen and oxygen atoms in total. The highest BCUT2D eigenvalue weighted by Crippen LogP contribution is 2.65. The number of nitrogen functional groups attached to an aromatic ring is 2. The maximum atomic E-state index is 6.50. The Morgan fingerprint density at radius 3 is 2.61 bits per heavy atom. The molecule has 3 unspecified atom stereocenters. The molecule has 2 saturated carbocycles. The molecule has 2 aliphatic carbocycles. The third-order valence-electron chi connectivity index (χ3n) is 6.81. The van der Waals surface area contributed by atoms with Crippen molar-refractivity contribution in [3.63, 3.8) is 0 Å². The number of aromatic nitrogens is 3. The van der Waals surface area contributed by atoms with Crippen molar-refractivity contribution in [2.75, 3.05) is 29.5 Å². The number of anilines is 3. The maximum absolute atomic E-state index is 6.50. The van der Waals surface area contributed by atoms with E-state index in [0.717, 1.165) is 48.5 Å². The molecule has 0 radical (unpaired) electrons. The Morgan fingerprint density at radius 1 is 1.14 bits per heavy atom. The van der Waals surface area contributed by atoms with Crippen LogP contribution in [0.1, 0.15) is 25.7 Å². The average molecular weight is 418 g/mol. The highest BCUT2D eigenvalue weighted by atomic mass is 35.5. The van der Waals surface area contributed by atoms with Gasteiger partial charge in [-0.15, -0.1) is 0 Å². The normalized spacial score (nSPS) is 27.8. The number of nitrogens with zero attached hydrogens (tertiary/aromatic N) is 4. The fourth-order valence-corrected chi connectivity index (χ4v) is 6.19. The van der Waals surface area contributed by atoms with Crippen LogP contribution in [0, 0.1) is 17.3 Å². The topological polar surface area (TPSA) is 120 Å². The molecule has 0 bridgehead atoms. The number of piperidine rings is 1. The first kappa shape index (κ1) is 18.3. The minimum absolute atomic E-state index is 0.292. The summed E-state index contributed by atoms with van der Waals surface area (Å²) in [5.41, 5.74) is 18.8. The summed E-state index contributed by atoms with van der Waals surface area (Å²) in [6, 6.07) is 2.16. The predicted octanol–water partition coefficient (Wildman–Crippen LogP) is 2.79. The number of rotatable bonds is 3. The number of hydrogen-bond donors (Lipinski definition) is 3. The molecule has 2 aromatic heterocycles. The van der Waals surface area contributed by atoms with Crippen LogP contribution in [0.25, 0.3) is 0 Å². The number of halogens is 1. The van der Waals surface area contributed by atoms with Crippen molar-refractivity contribution in [2.24, 2.45) is 23.0 Å². The van der Waals surface area contributed by atoms with Crippen LogP contribution < -0.4 is 22.1 Å². The Bertz CT molecular complexity index is 911. The summed E-state index contributed by atoms with van der Waals surface area (Å²) < 4.78 is 0. The second-order valence-electron chi connectivity index (χ2n) is 8.19. The van der Waals surface area contributed by atoms with E-state index in [2.05, 4.69) is 19.9 Å². The Labute approximate surface area is 173 Å². The van der Waals surface area contributed by atoms with E-state index >= 15 is 0 Å². The van der Waals surface area contributed by atoms with Gasteiger partial charge < -0.3 is 22.1 Å². The predicted molar refractivity (Wildman–Crippen MR) is 112 cm³/mol. The molecule has 9 heteroatoms. The molecule has 28 heavy (non-hydrogen) atoms. The quantitative estimate of drug-likeness (QED) is 0.697. The zero-order valence-corrected chi connectivity index (χ0v) is 17.1. The molecule has 1 aliphatic heterocycles. The summed E-state index contributed by atoms with van der Waals surface area (Å²) in [5.74, 6) is 3.27. The third-order valence-corrected chi connectivity index (χ3v) is 8.39. The molecule has 3 fully saturated rings. The van der Waals surface area contributed by atoms with Crippen molar-refractivity contribution >= 4 is 40.8 Å². The van der Waals surface area contributed by atoms with Gasteiger partial charge in [-0.25, -0.2) is 15.0 Å². The lowest BCUT2D eigenvalue weighted by molar-refractivity contribution is 0.161. The Balaban J connectivity index is 1.30. The lowest BCUT2D eigenvalue weighted by Gasteiger charge is -2.44. The number of pyridine rings is 1. The van der Waals surface area contributed by atoms with Gasteiger partial charge in [-0.05, 0) is 49.0 Å². The van der Waals surface area contributed by atoms with E-state index in [4.69, 9.17) is 28.8 Å². The monoisotopic (exact) mass is 417 g/mol. The largest absolute Gasteiger partial charge is 0.382 e. The molecular weight excluding hydrogens is 394 g/mol. The fourth-order valence-electron chi connectivity index (χ4n) is 5.18. The minimum atomic E-state index is 0.292. The van der Waals surface area contributed by atoms with E-state index < -0.39 is 0 Å². The van der Waals surface area contributed by atoms with Gasteiger partial charge in [0.1, 0.15) is 16.7 Å². The molecule has 0 aromatic carbocycles. The van der Waals surface area contributed by atoms with E-state index in [1.165, 1.54) is 24.6 Å². The molecule has 5 rings (SSSR count). The van der Waals surface area contributed by atoms with Crippen LogP contribution in [0.4, 0.5) is 17.5 Å². The highest BCUT2D eigenvalue weighted by molar-refractivity contribution is 7.99. The minimum Gasteiger partial charge on any atom is -0.382 e. The average Bonchev–Trinajstić information content (AvgIpc) is 3.41. The SMILES string of the molecule is Nc1nc(N2CCC3(CC2)C(N)CC2CC23)cnc1Sc1ccnc(N)c1Cl. The molecule has 1 saturated heterocycles. The lowest BCUT2D eigenvalue weighted by atomic mass is 9.71. The molecule has 3 aliphatic rings. The van der Waals surface area contributed by atoms with Crippen LogP contribution in [0.15, 0.2) is 28.4 Å². The lowest BCUT2D eigenvalue weighted by Crippen LogP contribution is -2.49. The first-order valence-corrected chi connectivity index (χ1v) is 10.9. The maximum Gasteiger partial charge on any atom is 0.158 e. The molecular formula is C19H24ClN7S. The first-order valence-electron chi connectivity index (χ1n) is 9.69. The zero-order chi connectivity index (χ0) is 19.5. The van der Waals surface area contributed by atoms with Crippen molar-refractivity contribution in [1.29, 1.82) is 0 Å². The number of nitrogens with two attached hydrogens (primary N) is 3. The van der Waals surface area contributed by atoms with E-state index in [-0.39, 0.29) is 0 Å². The Morgan fingerprint density at radius 2 is 1.93 bits per heavy atom. The molecule has 6 N–H and O–H groups in total. The van der Waals surface area contributed by atoms with Crippen molar-refractivity contribution in [3.8, 4) is 0 Å². The fraction of sp³-hybridized carbons (Fsp3) is 0.526. The van der Waals surface area contributed by atoms with Crippen molar-refractivity contribution < 1.29 is 0 Å². The summed E-state index contributed by atoms with van der Waals surface area (Å²) in [6.45, 7) is 1.93. The zero-order valence-electron chi connectivity index (χ0n) is 15.5. The van der Waals surface area contributed by atoms with Crippen LogP contribution in [-0.4, -0.2) is 34.1 Å².